The zero-order valence-corrected chi connectivity index (χ0v) is 19.3. The van der Waals surface area contributed by atoms with E-state index < -0.39 is 23.5 Å². The number of H-pyrrole nitrogens is 1. The van der Waals surface area contributed by atoms with Crippen LogP contribution in [0.15, 0.2) is 66.8 Å². The number of halogens is 2. The number of hydrogen-bond acceptors (Lipinski definition) is 4. The van der Waals surface area contributed by atoms with Crippen LogP contribution in [0.1, 0.15) is 23.6 Å². The summed E-state index contributed by atoms with van der Waals surface area (Å²) in [5, 5.41) is 14.1. The van der Waals surface area contributed by atoms with Gasteiger partial charge >= 0.3 is 0 Å². The van der Waals surface area contributed by atoms with E-state index in [4.69, 9.17) is 27.9 Å². The third kappa shape index (κ3) is 4.60. The van der Waals surface area contributed by atoms with Crippen molar-refractivity contribution < 1.29 is 24.0 Å². The molecule has 2 heterocycles. The molecule has 0 bridgehead atoms. The molecule has 0 saturated carbocycles. The summed E-state index contributed by atoms with van der Waals surface area (Å²) in [6.45, 7) is 0.932. The van der Waals surface area contributed by atoms with E-state index in [0.717, 1.165) is 0 Å². The maximum Gasteiger partial charge on any atom is 0.295 e. The number of carbonyl (C=O) groups excluding carboxylic acids is 2. The van der Waals surface area contributed by atoms with Crippen LogP contribution in [0.4, 0.5) is 0 Å². The quantitative estimate of drug-likeness (QED) is 0.241. The first-order valence-electron chi connectivity index (χ1n) is 10.3. The number of benzene rings is 2. The number of rotatable bonds is 7. The van der Waals surface area contributed by atoms with E-state index in [1.807, 2.05) is 10.8 Å². The number of methoxy groups -OCH3 is 1. The molecular weight excluding hydrogens is 465 g/mol. The number of ether oxygens (including phenoxy) is 1. The van der Waals surface area contributed by atoms with Crippen LogP contribution >= 0.6 is 23.2 Å². The topological polar surface area (TPSA) is 89.3 Å². The van der Waals surface area contributed by atoms with Crippen LogP contribution in [-0.4, -0.2) is 35.2 Å². The van der Waals surface area contributed by atoms with Gasteiger partial charge in [0.05, 0.1) is 24.7 Å². The van der Waals surface area contributed by atoms with Gasteiger partial charge in [0.1, 0.15) is 18.1 Å². The molecule has 1 saturated heterocycles. The number of Topliss-reactive ketones (excluding diaryl/α,β-unsaturated/α-hetero) is 1. The van der Waals surface area contributed by atoms with Crippen LogP contribution in [0.2, 0.25) is 10.0 Å². The lowest BCUT2D eigenvalue weighted by Crippen LogP contribution is -2.36. The largest absolute Gasteiger partial charge is 0.872 e. The molecule has 1 N–H and O–H groups in total. The normalized spacial score (nSPS) is 17.5. The Morgan fingerprint density at radius 3 is 2.70 bits per heavy atom. The Bertz CT molecular complexity index is 1220. The molecule has 0 spiro atoms. The van der Waals surface area contributed by atoms with E-state index in [9.17, 15) is 14.7 Å². The van der Waals surface area contributed by atoms with E-state index in [1.54, 1.807) is 42.9 Å². The Kier molecular flexibility index (Phi) is 6.72. The molecule has 1 aliphatic rings. The summed E-state index contributed by atoms with van der Waals surface area (Å²) in [6.07, 6.45) is 6.07. The summed E-state index contributed by atoms with van der Waals surface area (Å²) in [5.41, 5.74) is 0.686. The summed E-state index contributed by atoms with van der Waals surface area (Å²) in [7, 11) is 1.47. The molecule has 1 aromatic heterocycles. The Labute approximate surface area is 200 Å². The third-order valence-corrected chi connectivity index (χ3v) is 6.06. The van der Waals surface area contributed by atoms with Gasteiger partial charge in [0.25, 0.3) is 5.91 Å². The lowest BCUT2D eigenvalue weighted by molar-refractivity contribution is -0.695. The van der Waals surface area contributed by atoms with Crippen molar-refractivity contribution in [1.29, 1.82) is 0 Å². The predicted molar refractivity (Wildman–Crippen MR) is 121 cm³/mol. The summed E-state index contributed by atoms with van der Waals surface area (Å²) in [4.78, 5) is 30.4. The van der Waals surface area contributed by atoms with Gasteiger partial charge in [0.15, 0.2) is 0 Å². The number of ketones is 1. The molecule has 1 atom stereocenters. The van der Waals surface area contributed by atoms with Crippen LogP contribution < -0.4 is 14.4 Å². The number of aromatic nitrogens is 2. The fourth-order valence-electron chi connectivity index (χ4n) is 3.97. The minimum absolute atomic E-state index is 0.113. The molecule has 2 aromatic carbocycles. The van der Waals surface area contributed by atoms with Gasteiger partial charge in [-0.05, 0) is 35.4 Å². The van der Waals surface area contributed by atoms with E-state index in [0.29, 0.717) is 35.8 Å². The van der Waals surface area contributed by atoms with Gasteiger partial charge < -0.3 is 14.7 Å². The number of imidazole rings is 1. The fourth-order valence-corrected chi connectivity index (χ4v) is 4.43. The molecule has 4 rings (SSSR count). The summed E-state index contributed by atoms with van der Waals surface area (Å²) in [6, 6.07) is 10.5. The first-order valence-corrected chi connectivity index (χ1v) is 11.0. The van der Waals surface area contributed by atoms with Crippen LogP contribution in [0, 0.1) is 0 Å². The van der Waals surface area contributed by atoms with Crippen molar-refractivity contribution in [3.63, 3.8) is 0 Å². The molecule has 1 amide bonds. The third-order valence-electron chi connectivity index (χ3n) is 5.53. The van der Waals surface area contributed by atoms with Crippen molar-refractivity contribution in [3.05, 3.63) is 87.9 Å². The second-order valence-electron chi connectivity index (χ2n) is 7.58. The highest BCUT2D eigenvalue weighted by Gasteiger charge is 2.44. The Balaban J connectivity index is 1.75. The first kappa shape index (κ1) is 22.9. The fraction of sp³-hybridized carbons (Fsp3) is 0.208. The molecule has 1 unspecified atom stereocenters. The molecule has 7 nitrogen and oxygen atoms in total. The van der Waals surface area contributed by atoms with Gasteiger partial charge in [-0.2, -0.15) is 0 Å². The average molecular weight is 486 g/mol. The summed E-state index contributed by atoms with van der Waals surface area (Å²) < 4.78 is 7.08. The van der Waals surface area contributed by atoms with Crippen LogP contribution in [0.3, 0.4) is 0 Å². The number of nitrogens with one attached hydrogen (secondary N) is 1. The van der Waals surface area contributed by atoms with Crippen molar-refractivity contribution in [2.45, 2.75) is 19.0 Å². The van der Waals surface area contributed by atoms with E-state index >= 15 is 0 Å². The smallest absolute Gasteiger partial charge is 0.295 e. The van der Waals surface area contributed by atoms with Crippen LogP contribution in [-0.2, 0) is 16.1 Å². The summed E-state index contributed by atoms with van der Waals surface area (Å²) >= 11 is 12.4. The monoisotopic (exact) mass is 485 g/mol. The lowest BCUT2D eigenvalue weighted by atomic mass is 9.95. The zero-order chi connectivity index (χ0) is 23.5. The molecule has 170 valence electrons. The molecule has 33 heavy (non-hydrogen) atoms. The standard InChI is InChI=1S/C24H21Cl2N3O4/c1-33-19-7-6-16(13-18(19)26)22(30)20-21(15-4-2-5-17(25)12-15)29(24(32)23(20)31)10-3-9-28-11-8-27-14-28/h2,4-8,11-14,21H,3,9-10H2,1H3,(H,30,31). The number of nitrogens with zero attached hydrogens (tertiary/aromatic N) is 2. The number of hydrogen-bond donors (Lipinski definition) is 1. The van der Waals surface area contributed by atoms with Gasteiger partial charge in [0.2, 0.25) is 12.1 Å². The highest BCUT2D eigenvalue weighted by atomic mass is 35.5. The van der Waals surface area contributed by atoms with Gasteiger partial charge in [-0.25, -0.2) is 4.57 Å². The van der Waals surface area contributed by atoms with E-state index in [1.165, 1.54) is 24.1 Å². The molecule has 3 aromatic rings. The number of aromatic amines is 1. The SMILES string of the molecule is COc1ccc(/C([O-])=C2\C(=O)C(=O)N(CCC[n+]3cc[nH]c3)C2c2cccc(Cl)c2)cc1Cl. The maximum absolute atomic E-state index is 13.5. The number of aryl methyl sites for hydroxylation is 1. The van der Waals surface area contributed by atoms with Crippen molar-refractivity contribution in [2.24, 2.45) is 0 Å². The van der Waals surface area contributed by atoms with Crippen molar-refractivity contribution in [3.8, 4) is 5.75 Å². The molecule has 1 fully saturated rings. The van der Waals surface area contributed by atoms with Crippen LogP contribution in [0.25, 0.3) is 5.76 Å². The van der Waals surface area contributed by atoms with Gasteiger partial charge in [-0.1, -0.05) is 47.2 Å². The Morgan fingerprint density at radius 1 is 1.21 bits per heavy atom. The predicted octanol–water partition coefficient (Wildman–Crippen LogP) is 2.93. The molecule has 1 aliphatic heterocycles. The van der Waals surface area contributed by atoms with Gasteiger partial charge in [-0.15, -0.1) is 0 Å². The van der Waals surface area contributed by atoms with Gasteiger partial charge in [0, 0.05) is 23.6 Å². The van der Waals surface area contributed by atoms with E-state index in [-0.39, 0.29) is 16.2 Å². The van der Waals surface area contributed by atoms with Crippen molar-refractivity contribution in [1.82, 2.24) is 9.88 Å². The second kappa shape index (κ2) is 9.68. The van der Waals surface area contributed by atoms with Crippen molar-refractivity contribution >= 4 is 40.7 Å². The number of amides is 1. The Morgan fingerprint density at radius 2 is 2.03 bits per heavy atom. The lowest BCUT2D eigenvalue weighted by Gasteiger charge is -2.27. The second-order valence-corrected chi connectivity index (χ2v) is 8.42. The highest BCUT2D eigenvalue weighted by Crippen LogP contribution is 2.40. The molecule has 0 radical (unpaired) electrons. The molecule has 9 heteroatoms. The van der Waals surface area contributed by atoms with Crippen molar-refractivity contribution in [2.75, 3.05) is 13.7 Å². The van der Waals surface area contributed by atoms with Gasteiger partial charge in [-0.3, -0.25) is 14.6 Å². The maximum atomic E-state index is 13.5. The molecule has 0 aliphatic carbocycles. The minimum atomic E-state index is -0.840. The minimum Gasteiger partial charge on any atom is -0.872 e. The number of likely N-dealkylation sites (tertiary alicyclic amines) is 1. The Hall–Kier alpha value is -3.29. The van der Waals surface area contributed by atoms with Crippen LogP contribution in [0.5, 0.6) is 5.75 Å². The first-order chi connectivity index (χ1) is 15.9. The van der Waals surface area contributed by atoms with E-state index in [2.05, 4.69) is 4.98 Å². The number of carbonyl (C=O) groups is 2. The molecular formula is C24H21Cl2N3O4. The average Bonchev–Trinajstić information content (AvgIpc) is 3.41. The highest BCUT2D eigenvalue weighted by molar-refractivity contribution is 6.46. The zero-order valence-electron chi connectivity index (χ0n) is 17.8. The summed E-state index contributed by atoms with van der Waals surface area (Å²) in [5.74, 6) is -1.67.